The average molecular weight is 512 g/mol. The van der Waals surface area contributed by atoms with Gasteiger partial charge in [0.1, 0.15) is 12.0 Å². The summed E-state index contributed by atoms with van der Waals surface area (Å²) < 4.78 is 5.30. The molecular formula is C32H37N3O3. The zero-order chi connectivity index (χ0) is 26.9. The zero-order valence-corrected chi connectivity index (χ0v) is 22.5. The first-order chi connectivity index (χ1) is 18.4. The number of benzene rings is 3. The summed E-state index contributed by atoms with van der Waals surface area (Å²) in [7, 11) is 2.04. The van der Waals surface area contributed by atoms with Gasteiger partial charge in [0, 0.05) is 36.5 Å². The SMILES string of the molecule is Cc1ccc2[nH]c(C(=O)N(CC=O)CCN(C)Cc3cccc(C4COC4)c3)cc2c1.Cc1ccccc1. The van der Waals surface area contributed by atoms with Crippen LogP contribution in [0.5, 0.6) is 0 Å². The molecule has 1 amide bonds. The van der Waals surface area contributed by atoms with E-state index in [1.807, 2.05) is 56.4 Å². The van der Waals surface area contributed by atoms with Crippen molar-refractivity contribution >= 4 is 23.1 Å². The van der Waals surface area contributed by atoms with E-state index in [0.717, 1.165) is 42.5 Å². The van der Waals surface area contributed by atoms with E-state index in [4.69, 9.17) is 4.74 Å². The minimum absolute atomic E-state index is 0.0816. The fourth-order valence-corrected chi connectivity index (χ4v) is 4.49. The number of likely N-dealkylation sites (N-methyl/N-ethyl adjacent to an activating group) is 1. The second kappa shape index (κ2) is 13.2. The first-order valence-corrected chi connectivity index (χ1v) is 13.1. The molecule has 0 saturated carbocycles. The second-order valence-electron chi connectivity index (χ2n) is 10.1. The Hall–Kier alpha value is -3.74. The number of amides is 1. The van der Waals surface area contributed by atoms with Crippen LogP contribution in [-0.2, 0) is 16.1 Å². The van der Waals surface area contributed by atoms with E-state index in [9.17, 15) is 9.59 Å². The molecule has 0 unspecified atom stereocenters. The van der Waals surface area contributed by atoms with Crippen molar-refractivity contribution in [3.63, 3.8) is 0 Å². The van der Waals surface area contributed by atoms with Crippen LogP contribution >= 0.6 is 0 Å². The minimum atomic E-state index is -0.152. The van der Waals surface area contributed by atoms with Gasteiger partial charge in [-0.05, 0) is 50.2 Å². The highest BCUT2D eigenvalue weighted by molar-refractivity contribution is 5.98. The van der Waals surface area contributed by atoms with E-state index in [2.05, 4.69) is 53.2 Å². The smallest absolute Gasteiger partial charge is 0.270 e. The predicted molar refractivity (Wildman–Crippen MR) is 153 cm³/mol. The lowest BCUT2D eigenvalue weighted by atomic mass is 9.96. The summed E-state index contributed by atoms with van der Waals surface area (Å²) in [5, 5.41) is 1.00. The number of carbonyl (C=O) groups is 2. The number of fused-ring (bicyclic) bond motifs is 1. The number of nitrogens with one attached hydrogen (secondary N) is 1. The minimum Gasteiger partial charge on any atom is -0.380 e. The van der Waals surface area contributed by atoms with Crippen molar-refractivity contribution in [2.24, 2.45) is 0 Å². The van der Waals surface area contributed by atoms with Gasteiger partial charge in [-0.2, -0.15) is 0 Å². The summed E-state index contributed by atoms with van der Waals surface area (Å²) in [4.78, 5) is 31.2. The summed E-state index contributed by atoms with van der Waals surface area (Å²) in [6, 6.07) is 26.8. The maximum Gasteiger partial charge on any atom is 0.270 e. The summed E-state index contributed by atoms with van der Waals surface area (Å²) in [5.74, 6) is 0.354. The van der Waals surface area contributed by atoms with E-state index < -0.39 is 0 Å². The number of aldehydes is 1. The number of nitrogens with zero attached hydrogens (tertiary/aromatic N) is 2. The van der Waals surface area contributed by atoms with Crippen LogP contribution in [0.1, 0.15) is 38.7 Å². The van der Waals surface area contributed by atoms with Crippen molar-refractivity contribution in [3.8, 4) is 0 Å². The van der Waals surface area contributed by atoms with E-state index in [-0.39, 0.29) is 12.5 Å². The lowest BCUT2D eigenvalue weighted by molar-refractivity contribution is -0.108. The van der Waals surface area contributed by atoms with Crippen LogP contribution in [0.25, 0.3) is 10.9 Å². The molecule has 3 aromatic carbocycles. The van der Waals surface area contributed by atoms with Gasteiger partial charge in [-0.15, -0.1) is 0 Å². The first-order valence-electron chi connectivity index (χ1n) is 13.1. The van der Waals surface area contributed by atoms with Gasteiger partial charge in [-0.25, -0.2) is 0 Å². The summed E-state index contributed by atoms with van der Waals surface area (Å²) in [6.45, 7) is 7.74. The summed E-state index contributed by atoms with van der Waals surface area (Å²) in [6.07, 6.45) is 0.787. The number of aromatic amines is 1. The number of carbonyl (C=O) groups excluding carboxylic acids is 2. The number of ether oxygens (including phenoxy) is 1. The van der Waals surface area contributed by atoms with Crippen molar-refractivity contribution in [1.82, 2.24) is 14.8 Å². The van der Waals surface area contributed by atoms with Gasteiger partial charge >= 0.3 is 0 Å². The van der Waals surface area contributed by atoms with Crippen LogP contribution in [-0.4, -0.2) is 66.9 Å². The van der Waals surface area contributed by atoms with E-state index >= 15 is 0 Å². The Morgan fingerprint density at radius 2 is 1.74 bits per heavy atom. The van der Waals surface area contributed by atoms with Gasteiger partial charge in [-0.1, -0.05) is 71.8 Å². The topological polar surface area (TPSA) is 65.6 Å². The van der Waals surface area contributed by atoms with Crippen LogP contribution in [0.15, 0.2) is 78.9 Å². The average Bonchev–Trinajstić information content (AvgIpc) is 3.29. The van der Waals surface area contributed by atoms with Crippen molar-refractivity contribution in [3.05, 3.63) is 107 Å². The zero-order valence-electron chi connectivity index (χ0n) is 22.5. The van der Waals surface area contributed by atoms with Crippen molar-refractivity contribution < 1.29 is 14.3 Å². The number of aryl methyl sites for hydroxylation is 2. The monoisotopic (exact) mass is 511 g/mol. The van der Waals surface area contributed by atoms with Crippen molar-refractivity contribution in [1.29, 1.82) is 0 Å². The van der Waals surface area contributed by atoms with Crippen LogP contribution in [0.2, 0.25) is 0 Å². The van der Waals surface area contributed by atoms with Gasteiger partial charge in [0.2, 0.25) is 0 Å². The second-order valence-corrected chi connectivity index (χ2v) is 10.1. The standard InChI is InChI=1S/C25H29N3O3.C7H8/c1-18-6-7-23-21(12-18)14-24(26-23)25(30)28(10-11-29)9-8-27(2)15-19-4-3-5-20(13-19)22-16-31-17-22;1-7-5-3-2-4-6-7/h3-7,11-14,22,26H,8-10,15-17H2,1-2H3;2-6H,1H3. The molecule has 2 heterocycles. The van der Waals surface area contributed by atoms with Crippen molar-refractivity contribution in [2.75, 3.05) is 39.9 Å². The number of hydrogen-bond acceptors (Lipinski definition) is 4. The Morgan fingerprint density at radius 1 is 0.947 bits per heavy atom. The summed E-state index contributed by atoms with van der Waals surface area (Å²) in [5.41, 5.74) is 6.47. The molecule has 198 valence electrons. The number of aromatic nitrogens is 1. The normalized spacial score (nSPS) is 13.1. The quantitative estimate of drug-likeness (QED) is 0.307. The van der Waals surface area contributed by atoms with Gasteiger partial charge in [-0.3, -0.25) is 4.79 Å². The molecule has 5 rings (SSSR count). The maximum atomic E-state index is 13.0. The molecule has 6 heteroatoms. The Balaban J connectivity index is 0.000000417. The Kier molecular flexibility index (Phi) is 9.46. The number of hydrogen-bond donors (Lipinski definition) is 1. The van der Waals surface area contributed by atoms with Crippen LogP contribution in [0, 0.1) is 13.8 Å². The van der Waals surface area contributed by atoms with Gasteiger partial charge in [0.25, 0.3) is 5.91 Å². The molecule has 1 N–H and O–H groups in total. The van der Waals surface area contributed by atoms with Gasteiger partial charge < -0.3 is 24.3 Å². The predicted octanol–water partition coefficient (Wildman–Crippen LogP) is 5.36. The largest absolute Gasteiger partial charge is 0.380 e. The molecule has 1 aliphatic rings. The lowest BCUT2D eigenvalue weighted by Crippen LogP contribution is -2.38. The van der Waals surface area contributed by atoms with Crippen molar-refractivity contribution in [2.45, 2.75) is 26.3 Å². The molecule has 4 aromatic rings. The molecule has 0 radical (unpaired) electrons. The highest BCUT2D eigenvalue weighted by Crippen LogP contribution is 2.25. The highest BCUT2D eigenvalue weighted by Gasteiger charge is 2.21. The molecule has 0 spiro atoms. The third-order valence-corrected chi connectivity index (χ3v) is 6.79. The molecule has 0 atom stereocenters. The number of H-pyrrole nitrogens is 1. The molecule has 0 aliphatic carbocycles. The van der Waals surface area contributed by atoms with E-state index in [1.54, 1.807) is 4.90 Å². The Labute approximate surface area is 225 Å². The third kappa shape index (κ3) is 7.40. The van der Waals surface area contributed by atoms with Gasteiger partial charge in [0.05, 0.1) is 19.8 Å². The third-order valence-electron chi connectivity index (χ3n) is 6.79. The fourth-order valence-electron chi connectivity index (χ4n) is 4.49. The molecular weight excluding hydrogens is 474 g/mol. The lowest BCUT2D eigenvalue weighted by Gasteiger charge is -2.27. The Bertz CT molecular complexity index is 1340. The highest BCUT2D eigenvalue weighted by atomic mass is 16.5. The van der Waals surface area contributed by atoms with Crippen LogP contribution in [0.3, 0.4) is 0 Å². The molecule has 1 aliphatic heterocycles. The fraction of sp³-hybridized carbons (Fsp3) is 0.312. The number of rotatable bonds is 9. The van der Waals surface area contributed by atoms with E-state index in [1.165, 1.54) is 16.7 Å². The van der Waals surface area contributed by atoms with Crippen LogP contribution < -0.4 is 0 Å². The molecule has 38 heavy (non-hydrogen) atoms. The van der Waals surface area contributed by atoms with Crippen LogP contribution in [0.4, 0.5) is 0 Å². The Morgan fingerprint density at radius 3 is 2.39 bits per heavy atom. The van der Waals surface area contributed by atoms with E-state index in [0.29, 0.717) is 24.7 Å². The molecule has 0 bridgehead atoms. The molecule has 1 fully saturated rings. The molecule has 6 nitrogen and oxygen atoms in total. The maximum absolute atomic E-state index is 13.0. The first kappa shape index (κ1) is 27.3. The molecule has 1 saturated heterocycles. The van der Waals surface area contributed by atoms with Gasteiger partial charge in [0.15, 0.2) is 0 Å². The molecule has 1 aromatic heterocycles. The summed E-state index contributed by atoms with van der Waals surface area (Å²) >= 11 is 0.